The molecule has 0 aliphatic carbocycles. The molecular weight excluding hydrogens is 529 g/mol. The lowest BCUT2D eigenvalue weighted by Gasteiger charge is -2.24. The third-order valence-corrected chi connectivity index (χ3v) is 8.69. The van der Waals surface area contributed by atoms with E-state index in [1.54, 1.807) is 0 Å². The number of benzene rings is 6. The van der Waals surface area contributed by atoms with Gasteiger partial charge in [0.15, 0.2) is 0 Å². The van der Waals surface area contributed by atoms with Crippen molar-refractivity contribution in [1.29, 1.82) is 0 Å². The van der Waals surface area contributed by atoms with E-state index in [2.05, 4.69) is 169 Å². The summed E-state index contributed by atoms with van der Waals surface area (Å²) in [4.78, 5) is 2.41. The SMILES string of the molecule is CCC.c1ccc(-n2c3ccccc3c3sc(N(c4ccc5ccccc5c4)c4ccc5ccccc5c4)cc32)cc1. The maximum Gasteiger partial charge on any atom is 0.103 e. The topological polar surface area (TPSA) is 8.17 Å². The Balaban J connectivity index is 0.000000923. The lowest BCUT2D eigenvalue weighted by Crippen LogP contribution is -2.08. The molecule has 0 saturated carbocycles. The predicted molar refractivity (Wildman–Crippen MR) is 184 cm³/mol. The third kappa shape index (κ3) is 4.62. The second-order valence-electron chi connectivity index (χ2n) is 10.6. The average Bonchev–Trinajstić information content (AvgIpc) is 3.59. The largest absolute Gasteiger partial charge is 0.308 e. The zero-order valence-electron chi connectivity index (χ0n) is 23.9. The van der Waals surface area contributed by atoms with Gasteiger partial charge in [0.2, 0.25) is 0 Å². The highest BCUT2D eigenvalue weighted by molar-refractivity contribution is 7.24. The minimum absolute atomic E-state index is 1.16. The Morgan fingerprint density at radius 3 is 1.67 bits per heavy atom. The first-order valence-electron chi connectivity index (χ1n) is 14.6. The van der Waals surface area contributed by atoms with E-state index in [-0.39, 0.29) is 0 Å². The summed E-state index contributed by atoms with van der Waals surface area (Å²) in [5.74, 6) is 0. The third-order valence-electron chi connectivity index (χ3n) is 7.55. The monoisotopic (exact) mass is 560 g/mol. The van der Waals surface area contributed by atoms with E-state index in [4.69, 9.17) is 0 Å². The molecule has 42 heavy (non-hydrogen) atoms. The van der Waals surface area contributed by atoms with Crippen LogP contribution in [0.1, 0.15) is 20.3 Å². The maximum atomic E-state index is 2.41. The Hall–Kier alpha value is -4.86. The molecule has 0 spiro atoms. The lowest BCUT2D eigenvalue weighted by atomic mass is 10.1. The molecule has 0 fully saturated rings. The quantitative estimate of drug-likeness (QED) is 0.208. The number of fused-ring (bicyclic) bond motifs is 5. The molecule has 204 valence electrons. The fourth-order valence-electron chi connectivity index (χ4n) is 5.72. The molecule has 0 atom stereocenters. The summed E-state index contributed by atoms with van der Waals surface area (Å²) >= 11 is 1.86. The first kappa shape index (κ1) is 26.1. The number of nitrogens with zero attached hydrogens (tertiary/aromatic N) is 2. The van der Waals surface area contributed by atoms with Gasteiger partial charge < -0.3 is 9.47 Å². The highest BCUT2D eigenvalue weighted by atomic mass is 32.1. The van der Waals surface area contributed by atoms with Crippen molar-refractivity contribution >= 4 is 70.4 Å². The Morgan fingerprint density at radius 1 is 0.524 bits per heavy atom. The molecule has 0 aliphatic rings. The fraction of sp³-hybridized carbons (Fsp3) is 0.0769. The van der Waals surface area contributed by atoms with Crippen molar-refractivity contribution < 1.29 is 0 Å². The van der Waals surface area contributed by atoms with Crippen LogP contribution >= 0.6 is 11.3 Å². The Labute approximate surface area is 250 Å². The highest BCUT2D eigenvalue weighted by Gasteiger charge is 2.21. The summed E-state index contributed by atoms with van der Waals surface area (Å²) < 4.78 is 3.69. The van der Waals surface area contributed by atoms with E-state index < -0.39 is 0 Å². The van der Waals surface area contributed by atoms with Crippen LogP contribution in [-0.2, 0) is 0 Å². The number of para-hydroxylation sites is 2. The normalized spacial score (nSPS) is 11.2. The number of thiophene rings is 1. The number of rotatable bonds is 4. The Morgan fingerprint density at radius 2 is 1.05 bits per heavy atom. The van der Waals surface area contributed by atoms with Crippen LogP contribution in [0.5, 0.6) is 0 Å². The number of anilines is 3. The van der Waals surface area contributed by atoms with Crippen LogP contribution in [0, 0.1) is 0 Å². The summed E-state index contributed by atoms with van der Waals surface area (Å²) in [7, 11) is 0. The summed E-state index contributed by atoms with van der Waals surface area (Å²) in [6.07, 6.45) is 1.25. The molecule has 0 radical (unpaired) electrons. The molecule has 2 heterocycles. The van der Waals surface area contributed by atoms with Crippen molar-refractivity contribution in [3.8, 4) is 5.69 Å². The van der Waals surface area contributed by atoms with E-state index in [0.717, 1.165) is 11.4 Å². The number of hydrogen-bond acceptors (Lipinski definition) is 2. The van der Waals surface area contributed by atoms with Gasteiger partial charge in [-0.1, -0.05) is 117 Å². The number of hydrogen-bond donors (Lipinski definition) is 0. The van der Waals surface area contributed by atoms with Crippen molar-refractivity contribution in [2.24, 2.45) is 0 Å². The smallest absolute Gasteiger partial charge is 0.103 e. The highest BCUT2D eigenvalue weighted by Crippen LogP contribution is 2.46. The van der Waals surface area contributed by atoms with Crippen molar-refractivity contribution in [3.05, 3.63) is 146 Å². The van der Waals surface area contributed by atoms with Crippen molar-refractivity contribution in [2.75, 3.05) is 4.90 Å². The van der Waals surface area contributed by atoms with Crippen molar-refractivity contribution in [2.45, 2.75) is 20.3 Å². The molecular formula is C39H32N2S. The van der Waals surface area contributed by atoms with Crippen LogP contribution in [0.25, 0.3) is 48.4 Å². The van der Waals surface area contributed by atoms with E-state index in [0.29, 0.717) is 0 Å². The van der Waals surface area contributed by atoms with Gasteiger partial charge in [-0.2, -0.15) is 0 Å². The zero-order chi connectivity index (χ0) is 28.5. The van der Waals surface area contributed by atoms with E-state index >= 15 is 0 Å². The summed E-state index contributed by atoms with van der Waals surface area (Å²) in [5.41, 5.74) is 5.95. The molecule has 0 aliphatic heterocycles. The van der Waals surface area contributed by atoms with Crippen LogP contribution in [0.4, 0.5) is 16.4 Å². The fourth-order valence-corrected chi connectivity index (χ4v) is 6.94. The van der Waals surface area contributed by atoms with Crippen LogP contribution in [0.2, 0.25) is 0 Å². The van der Waals surface area contributed by atoms with Gasteiger partial charge in [0.1, 0.15) is 5.00 Å². The van der Waals surface area contributed by atoms with Gasteiger partial charge in [-0.05, 0) is 70.1 Å². The molecule has 0 amide bonds. The Kier molecular flexibility index (Phi) is 6.95. The molecule has 0 saturated heterocycles. The second kappa shape index (κ2) is 11.2. The van der Waals surface area contributed by atoms with Gasteiger partial charge in [0.05, 0.1) is 15.7 Å². The summed E-state index contributed by atoms with van der Waals surface area (Å²) in [6, 6.07) is 52.5. The zero-order valence-corrected chi connectivity index (χ0v) is 24.7. The van der Waals surface area contributed by atoms with E-state index in [1.165, 1.54) is 59.8 Å². The molecule has 3 heteroatoms. The second-order valence-corrected chi connectivity index (χ2v) is 11.6. The van der Waals surface area contributed by atoms with Crippen molar-refractivity contribution in [3.63, 3.8) is 0 Å². The predicted octanol–water partition coefficient (Wildman–Crippen LogP) is 12.0. The summed E-state index contributed by atoms with van der Waals surface area (Å²) in [5, 5.41) is 7.45. The van der Waals surface area contributed by atoms with E-state index in [9.17, 15) is 0 Å². The van der Waals surface area contributed by atoms with Crippen LogP contribution in [0.3, 0.4) is 0 Å². The van der Waals surface area contributed by atoms with Gasteiger partial charge in [-0.15, -0.1) is 11.3 Å². The van der Waals surface area contributed by atoms with Crippen molar-refractivity contribution in [1.82, 2.24) is 4.57 Å². The van der Waals surface area contributed by atoms with Crippen LogP contribution in [-0.4, -0.2) is 4.57 Å². The van der Waals surface area contributed by atoms with Gasteiger partial charge in [0, 0.05) is 22.4 Å². The lowest BCUT2D eigenvalue weighted by molar-refractivity contribution is 1.09. The summed E-state index contributed by atoms with van der Waals surface area (Å²) in [6.45, 7) is 4.25. The van der Waals surface area contributed by atoms with Crippen LogP contribution in [0.15, 0.2) is 146 Å². The molecule has 8 rings (SSSR count). The standard InChI is InChI=1S/C36H24N2S.C3H8/c1-2-14-29(15-3-1)38-33-17-9-8-16-32(33)36-34(38)24-35(39-36)37(30-20-18-25-10-4-6-12-27(25)22-30)31-21-19-26-11-5-7-13-28(26)23-31;1-3-2/h1-24H;3H2,1-2H3. The van der Waals surface area contributed by atoms with Gasteiger partial charge >= 0.3 is 0 Å². The van der Waals surface area contributed by atoms with Crippen LogP contribution < -0.4 is 4.90 Å². The number of aromatic nitrogens is 1. The molecule has 0 bridgehead atoms. The first-order valence-corrected chi connectivity index (χ1v) is 15.4. The minimum Gasteiger partial charge on any atom is -0.308 e. The molecule has 6 aromatic carbocycles. The average molecular weight is 561 g/mol. The molecule has 2 aromatic heterocycles. The maximum absolute atomic E-state index is 2.41. The van der Waals surface area contributed by atoms with Gasteiger partial charge in [0.25, 0.3) is 0 Å². The molecule has 0 N–H and O–H groups in total. The van der Waals surface area contributed by atoms with Gasteiger partial charge in [-0.3, -0.25) is 0 Å². The molecule has 2 nitrogen and oxygen atoms in total. The minimum atomic E-state index is 1.16. The molecule has 8 aromatic rings. The van der Waals surface area contributed by atoms with E-state index in [1.807, 2.05) is 11.3 Å². The molecule has 0 unspecified atom stereocenters. The van der Waals surface area contributed by atoms with Gasteiger partial charge in [-0.25, -0.2) is 0 Å². The Bertz CT molecular complexity index is 2070. The first-order chi connectivity index (χ1) is 20.7.